The lowest BCUT2D eigenvalue weighted by Gasteiger charge is -2.08. The van der Waals surface area contributed by atoms with Crippen LogP contribution in [0.4, 0.5) is 4.39 Å². The highest BCUT2D eigenvalue weighted by molar-refractivity contribution is 5.85. The summed E-state index contributed by atoms with van der Waals surface area (Å²) in [6.07, 6.45) is 0. The van der Waals surface area contributed by atoms with Gasteiger partial charge in [0.1, 0.15) is 11.6 Å². The summed E-state index contributed by atoms with van der Waals surface area (Å²) < 4.78 is 18.2. The van der Waals surface area contributed by atoms with E-state index in [9.17, 15) is 4.39 Å². The van der Waals surface area contributed by atoms with E-state index in [1.165, 1.54) is 6.07 Å². The van der Waals surface area contributed by atoms with E-state index >= 15 is 0 Å². The monoisotopic (exact) mass is 205 g/mol. The van der Waals surface area contributed by atoms with Crippen molar-refractivity contribution in [2.45, 2.75) is 13.5 Å². The molecule has 4 heteroatoms. The standard InChI is InChI=1S/C9H12FNO.ClH/c1-2-12-9-5-3-4-8(10)7(9)6-11;/h3-5H,2,6,11H2,1H3;1H. The third-order valence-electron chi connectivity index (χ3n) is 1.58. The van der Waals surface area contributed by atoms with E-state index in [0.29, 0.717) is 17.9 Å². The van der Waals surface area contributed by atoms with Crippen molar-refractivity contribution in [3.05, 3.63) is 29.6 Å². The fourth-order valence-corrected chi connectivity index (χ4v) is 1.03. The van der Waals surface area contributed by atoms with Crippen LogP contribution in [0, 0.1) is 5.82 Å². The summed E-state index contributed by atoms with van der Waals surface area (Å²) >= 11 is 0. The Kier molecular flexibility index (Phi) is 5.42. The third kappa shape index (κ3) is 2.86. The molecule has 0 atom stereocenters. The molecule has 0 heterocycles. The molecule has 0 unspecified atom stereocenters. The van der Waals surface area contributed by atoms with Crippen molar-refractivity contribution in [2.75, 3.05) is 6.61 Å². The van der Waals surface area contributed by atoms with Crippen LogP contribution >= 0.6 is 12.4 Å². The fraction of sp³-hybridized carbons (Fsp3) is 0.333. The molecule has 1 rings (SSSR count). The highest BCUT2D eigenvalue weighted by Crippen LogP contribution is 2.20. The molecule has 0 radical (unpaired) electrons. The Morgan fingerprint density at radius 3 is 2.69 bits per heavy atom. The van der Waals surface area contributed by atoms with Gasteiger partial charge in [-0.15, -0.1) is 12.4 Å². The first kappa shape index (κ1) is 12.2. The maximum absolute atomic E-state index is 13.0. The molecular formula is C9H13ClFNO. The first-order chi connectivity index (χ1) is 5.79. The van der Waals surface area contributed by atoms with E-state index in [1.54, 1.807) is 12.1 Å². The van der Waals surface area contributed by atoms with Crippen molar-refractivity contribution < 1.29 is 9.13 Å². The topological polar surface area (TPSA) is 35.2 Å². The molecule has 74 valence electrons. The van der Waals surface area contributed by atoms with E-state index in [1.807, 2.05) is 6.92 Å². The van der Waals surface area contributed by atoms with Crippen molar-refractivity contribution in [1.29, 1.82) is 0 Å². The minimum atomic E-state index is -0.302. The van der Waals surface area contributed by atoms with E-state index in [2.05, 4.69) is 0 Å². The molecule has 0 aliphatic heterocycles. The zero-order valence-electron chi connectivity index (χ0n) is 7.42. The second-order valence-electron chi connectivity index (χ2n) is 2.35. The molecule has 1 aromatic rings. The minimum absolute atomic E-state index is 0. The zero-order valence-corrected chi connectivity index (χ0v) is 8.23. The average Bonchev–Trinajstić information content (AvgIpc) is 2.05. The summed E-state index contributed by atoms with van der Waals surface area (Å²) in [6.45, 7) is 2.55. The van der Waals surface area contributed by atoms with Crippen LogP contribution in [0.2, 0.25) is 0 Å². The number of hydrogen-bond donors (Lipinski definition) is 1. The van der Waals surface area contributed by atoms with Gasteiger partial charge < -0.3 is 10.5 Å². The van der Waals surface area contributed by atoms with Gasteiger partial charge in [0.2, 0.25) is 0 Å². The van der Waals surface area contributed by atoms with Gasteiger partial charge >= 0.3 is 0 Å². The van der Waals surface area contributed by atoms with Crippen LogP contribution in [0.3, 0.4) is 0 Å². The normalized spacial score (nSPS) is 9.15. The molecule has 0 amide bonds. The number of hydrogen-bond acceptors (Lipinski definition) is 2. The Balaban J connectivity index is 0.00000144. The highest BCUT2D eigenvalue weighted by Gasteiger charge is 2.06. The minimum Gasteiger partial charge on any atom is -0.493 e. The first-order valence-corrected chi connectivity index (χ1v) is 3.89. The van der Waals surface area contributed by atoms with Crippen LogP contribution in [-0.4, -0.2) is 6.61 Å². The van der Waals surface area contributed by atoms with Crippen molar-refractivity contribution in [1.82, 2.24) is 0 Å². The SMILES string of the molecule is CCOc1cccc(F)c1CN.Cl. The number of rotatable bonds is 3. The van der Waals surface area contributed by atoms with Crippen LogP contribution in [0.1, 0.15) is 12.5 Å². The van der Waals surface area contributed by atoms with Gasteiger partial charge in [0.25, 0.3) is 0 Å². The molecule has 0 aromatic heterocycles. The van der Waals surface area contributed by atoms with Gasteiger partial charge in [-0.2, -0.15) is 0 Å². The molecule has 0 saturated heterocycles. The Bertz CT molecular complexity index is 268. The third-order valence-corrected chi connectivity index (χ3v) is 1.58. The molecule has 0 aliphatic carbocycles. The lowest BCUT2D eigenvalue weighted by molar-refractivity contribution is 0.334. The Labute approximate surface area is 83.3 Å². The number of halogens is 2. The van der Waals surface area contributed by atoms with Gasteiger partial charge in [-0.3, -0.25) is 0 Å². The second kappa shape index (κ2) is 5.78. The molecular weight excluding hydrogens is 193 g/mol. The van der Waals surface area contributed by atoms with Crippen LogP contribution < -0.4 is 10.5 Å². The molecule has 0 fully saturated rings. The Morgan fingerprint density at radius 2 is 2.15 bits per heavy atom. The number of nitrogens with two attached hydrogens (primary N) is 1. The molecule has 0 saturated carbocycles. The zero-order chi connectivity index (χ0) is 8.97. The molecule has 0 bridgehead atoms. The van der Waals surface area contributed by atoms with Gasteiger partial charge in [-0.25, -0.2) is 4.39 Å². The first-order valence-electron chi connectivity index (χ1n) is 3.89. The Hall–Kier alpha value is -0.800. The predicted octanol–water partition coefficient (Wildman–Crippen LogP) is 2.10. The summed E-state index contributed by atoms with van der Waals surface area (Å²) in [5, 5.41) is 0. The fourth-order valence-electron chi connectivity index (χ4n) is 1.03. The Morgan fingerprint density at radius 1 is 1.46 bits per heavy atom. The highest BCUT2D eigenvalue weighted by atomic mass is 35.5. The molecule has 1 aromatic carbocycles. The van der Waals surface area contributed by atoms with Crippen molar-refractivity contribution >= 4 is 12.4 Å². The molecule has 13 heavy (non-hydrogen) atoms. The van der Waals surface area contributed by atoms with Gasteiger partial charge in [0.05, 0.1) is 6.61 Å². The van der Waals surface area contributed by atoms with Crippen LogP contribution in [0.15, 0.2) is 18.2 Å². The van der Waals surface area contributed by atoms with Crippen molar-refractivity contribution in [3.63, 3.8) is 0 Å². The molecule has 2 N–H and O–H groups in total. The lowest BCUT2D eigenvalue weighted by atomic mass is 10.2. The van der Waals surface area contributed by atoms with E-state index in [0.717, 1.165) is 0 Å². The van der Waals surface area contributed by atoms with E-state index in [4.69, 9.17) is 10.5 Å². The second-order valence-corrected chi connectivity index (χ2v) is 2.35. The largest absolute Gasteiger partial charge is 0.493 e. The van der Waals surface area contributed by atoms with Gasteiger partial charge in [0.15, 0.2) is 0 Å². The van der Waals surface area contributed by atoms with Gasteiger partial charge in [0, 0.05) is 12.1 Å². The van der Waals surface area contributed by atoms with Gasteiger partial charge in [-0.05, 0) is 19.1 Å². The van der Waals surface area contributed by atoms with Crippen LogP contribution in [0.5, 0.6) is 5.75 Å². The lowest BCUT2D eigenvalue weighted by Crippen LogP contribution is -2.04. The molecule has 0 spiro atoms. The van der Waals surface area contributed by atoms with Gasteiger partial charge in [-0.1, -0.05) is 6.07 Å². The molecule has 2 nitrogen and oxygen atoms in total. The maximum atomic E-state index is 13.0. The summed E-state index contributed by atoms with van der Waals surface area (Å²) in [6, 6.07) is 4.71. The smallest absolute Gasteiger partial charge is 0.131 e. The van der Waals surface area contributed by atoms with Crippen molar-refractivity contribution in [2.24, 2.45) is 5.73 Å². The quantitative estimate of drug-likeness (QED) is 0.821. The summed E-state index contributed by atoms with van der Waals surface area (Å²) in [7, 11) is 0. The van der Waals surface area contributed by atoms with Crippen LogP contribution in [0.25, 0.3) is 0 Å². The molecule has 0 aliphatic rings. The summed E-state index contributed by atoms with van der Waals surface area (Å²) in [4.78, 5) is 0. The van der Waals surface area contributed by atoms with E-state index in [-0.39, 0.29) is 24.8 Å². The van der Waals surface area contributed by atoms with Crippen LogP contribution in [-0.2, 0) is 6.54 Å². The number of benzene rings is 1. The van der Waals surface area contributed by atoms with E-state index < -0.39 is 0 Å². The maximum Gasteiger partial charge on any atom is 0.131 e. The summed E-state index contributed by atoms with van der Waals surface area (Å²) in [5.41, 5.74) is 5.81. The number of ether oxygens (including phenoxy) is 1. The summed E-state index contributed by atoms with van der Waals surface area (Å²) in [5.74, 6) is 0.239. The predicted molar refractivity (Wildman–Crippen MR) is 52.7 cm³/mol. The van der Waals surface area contributed by atoms with Crippen molar-refractivity contribution in [3.8, 4) is 5.75 Å². The average molecular weight is 206 g/mol.